The summed E-state index contributed by atoms with van der Waals surface area (Å²) in [6, 6.07) is 5.80. The number of nitriles is 1. The van der Waals surface area contributed by atoms with Crippen LogP contribution >= 0.6 is 0 Å². The van der Waals surface area contributed by atoms with E-state index in [0.29, 0.717) is 23.3 Å². The Morgan fingerprint density at radius 3 is 2.96 bits per heavy atom. The summed E-state index contributed by atoms with van der Waals surface area (Å²) in [7, 11) is 0. The molecule has 1 aliphatic rings. The van der Waals surface area contributed by atoms with Crippen molar-refractivity contribution in [2.24, 2.45) is 0 Å². The quantitative estimate of drug-likeness (QED) is 0.752. The fourth-order valence-electron chi connectivity index (χ4n) is 3.10. The number of rotatable bonds is 2. The molecule has 23 heavy (non-hydrogen) atoms. The maximum absolute atomic E-state index is 12.2. The fraction of sp³-hybridized carbons (Fsp3) is 0.267. The van der Waals surface area contributed by atoms with Gasteiger partial charge in [0, 0.05) is 19.3 Å². The summed E-state index contributed by atoms with van der Waals surface area (Å²) in [6.45, 7) is 1.43. The number of nitrogens with zero attached hydrogens (tertiary/aromatic N) is 6. The highest BCUT2D eigenvalue weighted by molar-refractivity contribution is 5.91. The lowest BCUT2D eigenvalue weighted by atomic mass is 10.1. The summed E-state index contributed by atoms with van der Waals surface area (Å²) in [6.07, 6.45) is 5.93. The number of H-pyrrole nitrogens is 1. The van der Waals surface area contributed by atoms with Gasteiger partial charge in [0.05, 0.1) is 17.2 Å². The van der Waals surface area contributed by atoms with Crippen molar-refractivity contribution in [1.29, 1.82) is 5.26 Å². The minimum atomic E-state index is -0.379. The minimum absolute atomic E-state index is 0.112. The van der Waals surface area contributed by atoms with E-state index >= 15 is 0 Å². The third-order valence-electron chi connectivity index (χ3n) is 4.19. The molecule has 3 aromatic rings. The largest absolute Gasteiger partial charge is 0.366 e. The molecule has 3 aromatic heterocycles. The predicted octanol–water partition coefficient (Wildman–Crippen LogP) is 0.838. The summed E-state index contributed by atoms with van der Waals surface area (Å²) < 4.78 is 1.95. The molecule has 1 atom stereocenters. The van der Waals surface area contributed by atoms with Crippen molar-refractivity contribution in [1.82, 2.24) is 24.7 Å². The third kappa shape index (κ3) is 2.14. The SMILES string of the molecule is N#Cc1c(N2CC[C@@H](n3cnnc3)C2)c2ncccc2[nH]c1=O. The van der Waals surface area contributed by atoms with E-state index in [4.69, 9.17) is 0 Å². The molecule has 4 heterocycles. The molecular formula is C15H13N7O. The summed E-state index contributed by atoms with van der Waals surface area (Å²) >= 11 is 0. The van der Waals surface area contributed by atoms with Gasteiger partial charge in [0.25, 0.3) is 5.56 Å². The molecule has 8 nitrogen and oxygen atoms in total. The molecule has 0 radical (unpaired) electrons. The highest BCUT2D eigenvalue weighted by atomic mass is 16.1. The number of fused-ring (bicyclic) bond motifs is 1. The molecule has 114 valence electrons. The van der Waals surface area contributed by atoms with Gasteiger partial charge in [0.2, 0.25) is 0 Å². The van der Waals surface area contributed by atoms with E-state index in [9.17, 15) is 10.1 Å². The molecule has 1 fully saturated rings. The molecule has 1 saturated heterocycles. The zero-order valence-corrected chi connectivity index (χ0v) is 12.2. The van der Waals surface area contributed by atoms with Crippen molar-refractivity contribution in [2.45, 2.75) is 12.5 Å². The van der Waals surface area contributed by atoms with Gasteiger partial charge < -0.3 is 14.5 Å². The van der Waals surface area contributed by atoms with E-state index in [2.05, 4.69) is 20.2 Å². The van der Waals surface area contributed by atoms with Gasteiger partial charge in [-0.1, -0.05) is 0 Å². The molecule has 0 spiro atoms. The first-order valence-corrected chi connectivity index (χ1v) is 7.28. The average molecular weight is 307 g/mol. The number of aromatic nitrogens is 5. The second-order valence-corrected chi connectivity index (χ2v) is 5.49. The molecular weight excluding hydrogens is 294 g/mol. The predicted molar refractivity (Wildman–Crippen MR) is 83.0 cm³/mol. The Kier molecular flexibility index (Phi) is 3.05. The van der Waals surface area contributed by atoms with Crippen LogP contribution < -0.4 is 10.5 Å². The van der Waals surface area contributed by atoms with Crippen LogP contribution in [0.5, 0.6) is 0 Å². The lowest BCUT2D eigenvalue weighted by molar-refractivity contribution is 0.550. The van der Waals surface area contributed by atoms with Crippen LogP contribution in [0.3, 0.4) is 0 Å². The van der Waals surface area contributed by atoms with Gasteiger partial charge in [-0.25, -0.2) is 0 Å². The Hall–Kier alpha value is -3.21. The molecule has 1 aliphatic heterocycles. The van der Waals surface area contributed by atoms with Crippen LogP contribution in [0.2, 0.25) is 0 Å². The Bertz CT molecular complexity index is 954. The minimum Gasteiger partial charge on any atom is -0.366 e. The molecule has 4 rings (SSSR count). The second kappa shape index (κ2) is 5.21. The molecule has 0 bridgehead atoms. The molecule has 1 N–H and O–H groups in total. The first kappa shape index (κ1) is 13.5. The van der Waals surface area contributed by atoms with E-state index in [1.165, 1.54) is 0 Å². The molecule has 0 amide bonds. The molecule has 0 aromatic carbocycles. The van der Waals surface area contributed by atoms with Crippen molar-refractivity contribution < 1.29 is 0 Å². The van der Waals surface area contributed by atoms with Gasteiger partial charge in [0.15, 0.2) is 0 Å². The Morgan fingerprint density at radius 2 is 2.17 bits per heavy atom. The van der Waals surface area contributed by atoms with Crippen LogP contribution in [0.25, 0.3) is 11.0 Å². The lowest BCUT2D eigenvalue weighted by Crippen LogP contribution is -2.25. The fourth-order valence-corrected chi connectivity index (χ4v) is 3.10. The van der Waals surface area contributed by atoms with Crippen molar-refractivity contribution >= 4 is 16.7 Å². The van der Waals surface area contributed by atoms with Gasteiger partial charge in [-0.3, -0.25) is 9.78 Å². The summed E-state index contributed by atoms with van der Waals surface area (Å²) in [5, 5.41) is 17.1. The van der Waals surface area contributed by atoms with Gasteiger partial charge >= 0.3 is 0 Å². The van der Waals surface area contributed by atoms with Gasteiger partial charge in [-0.15, -0.1) is 10.2 Å². The van der Waals surface area contributed by atoms with Crippen LogP contribution in [-0.4, -0.2) is 37.8 Å². The second-order valence-electron chi connectivity index (χ2n) is 5.49. The Balaban J connectivity index is 1.83. The average Bonchev–Trinajstić information content (AvgIpc) is 3.24. The van der Waals surface area contributed by atoms with Crippen LogP contribution in [0.1, 0.15) is 18.0 Å². The number of anilines is 1. The maximum atomic E-state index is 12.2. The monoisotopic (exact) mass is 307 g/mol. The lowest BCUT2D eigenvalue weighted by Gasteiger charge is -2.21. The van der Waals surface area contributed by atoms with E-state index in [1.54, 1.807) is 31.0 Å². The highest BCUT2D eigenvalue weighted by Gasteiger charge is 2.28. The van der Waals surface area contributed by atoms with Crippen LogP contribution in [0.15, 0.2) is 35.8 Å². The van der Waals surface area contributed by atoms with E-state index in [0.717, 1.165) is 13.0 Å². The van der Waals surface area contributed by atoms with Gasteiger partial charge in [-0.2, -0.15) is 5.26 Å². The summed E-state index contributed by atoms with van der Waals surface area (Å²) in [5.74, 6) is 0. The van der Waals surface area contributed by atoms with Crippen LogP contribution in [-0.2, 0) is 0 Å². The topological polar surface area (TPSA) is 103 Å². The zero-order chi connectivity index (χ0) is 15.8. The van der Waals surface area contributed by atoms with Crippen LogP contribution in [0.4, 0.5) is 5.69 Å². The molecule has 0 aliphatic carbocycles. The van der Waals surface area contributed by atoms with Crippen molar-refractivity contribution in [3.63, 3.8) is 0 Å². The first-order chi connectivity index (χ1) is 11.3. The van der Waals surface area contributed by atoms with E-state index < -0.39 is 0 Å². The number of aromatic amines is 1. The van der Waals surface area contributed by atoms with Gasteiger partial charge in [0.1, 0.15) is 29.8 Å². The smallest absolute Gasteiger partial charge is 0.268 e. The zero-order valence-electron chi connectivity index (χ0n) is 12.2. The normalized spacial score (nSPS) is 17.5. The molecule has 0 unspecified atom stereocenters. The van der Waals surface area contributed by atoms with Crippen molar-refractivity contribution in [2.75, 3.05) is 18.0 Å². The molecule has 0 saturated carbocycles. The van der Waals surface area contributed by atoms with E-state index in [-0.39, 0.29) is 17.2 Å². The van der Waals surface area contributed by atoms with Crippen molar-refractivity contribution in [3.05, 3.63) is 46.9 Å². The van der Waals surface area contributed by atoms with E-state index in [1.807, 2.05) is 15.5 Å². The number of pyridine rings is 2. The maximum Gasteiger partial charge on any atom is 0.268 e. The first-order valence-electron chi connectivity index (χ1n) is 7.28. The standard InChI is InChI=1S/C15H13N7O/c16-6-11-14(13-12(20-15(11)23)2-1-4-17-13)21-5-3-10(7-21)22-8-18-19-9-22/h1-2,4,8-10H,3,5,7H2,(H,20,23)/t10-/m1/s1. The Morgan fingerprint density at radius 1 is 1.35 bits per heavy atom. The van der Waals surface area contributed by atoms with Crippen molar-refractivity contribution in [3.8, 4) is 6.07 Å². The summed E-state index contributed by atoms with van der Waals surface area (Å²) in [4.78, 5) is 21.3. The Labute approximate surface area is 131 Å². The van der Waals surface area contributed by atoms with Gasteiger partial charge in [-0.05, 0) is 18.6 Å². The molecule has 8 heteroatoms. The highest BCUT2D eigenvalue weighted by Crippen LogP contribution is 2.31. The number of nitrogens with one attached hydrogen (secondary N) is 1. The number of hydrogen-bond acceptors (Lipinski definition) is 6. The third-order valence-corrected chi connectivity index (χ3v) is 4.19. The summed E-state index contributed by atoms with van der Waals surface area (Å²) in [5.41, 5.74) is 1.63. The van der Waals surface area contributed by atoms with Crippen LogP contribution in [0, 0.1) is 11.3 Å². The number of hydrogen-bond donors (Lipinski definition) is 1.